The van der Waals surface area contributed by atoms with Gasteiger partial charge in [-0.15, -0.1) is 0 Å². The van der Waals surface area contributed by atoms with Crippen molar-refractivity contribution in [3.05, 3.63) is 82.0 Å². The number of halogens is 2. The highest BCUT2D eigenvalue weighted by Crippen LogP contribution is 2.35. The molecule has 32 heavy (non-hydrogen) atoms. The van der Waals surface area contributed by atoms with Gasteiger partial charge in [-0.25, -0.2) is 0 Å². The zero-order chi connectivity index (χ0) is 23.8. The maximum Gasteiger partial charge on any atom is 0.231 e. The Hall–Kier alpha value is -2.44. The largest absolute Gasteiger partial charge is 0.450 e. The molecule has 4 N–H and O–H groups in total. The van der Waals surface area contributed by atoms with Gasteiger partial charge in [0.1, 0.15) is 5.58 Å². The number of nitrogens with two attached hydrogens (primary N) is 2. The highest BCUT2D eigenvalue weighted by Gasteiger charge is 2.22. The van der Waals surface area contributed by atoms with E-state index in [1.807, 2.05) is 70.2 Å². The van der Waals surface area contributed by atoms with Gasteiger partial charge in [-0.05, 0) is 65.5 Å². The predicted octanol–water partition coefficient (Wildman–Crippen LogP) is 8.24. The Bertz CT molecular complexity index is 1220. The van der Waals surface area contributed by atoms with Gasteiger partial charge in [0.25, 0.3) is 0 Å². The van der Waals surface area contributed by atoms with Crippen LogP contribution >= 0.6 is 35.1 Å². The summed E-state index contributed by atoms with van der Waals surface area (Å²) in [7, 11) is 0. The minimum absolute atomic E-state index is 0.0580. The van der Waals surface area contributed by atoms with E-state index in [4.69, 9.17) is 38.5 Å². The fourth-order valence-corrected chi connectivity index (χ4v) is 3.86. The van der Waals surface area contributed by atoms with E-state index in [-0.39, 0.29) is 22.0 Å². The van der Waals surface area contributed by atoms with E-state index in [1.165, 1.54) is 18.0 Å². The van der Waals surface area contributed by atoms with Crippen LogP contribution in [0.15, 0.2) is 70.0 Å². The molecule has 0 bridgehead atoms. The standard InChI is InChI=1S/C21H14Cl2N2O2S.2C2H6/c22-13-5-7-15(17(23)10-13)20(26)21-19(24)16-6-4-12(9-18(16)27-21)11-2-1-3-14(8-11)28-25;2*1-2/h1-10H,24-25H2;2*1-2H3. The topological polar surface area (TPSA) is 82.2 Å². The van der Waals surface area contributed by atoms with Gasteiger partial charge in [0, 0.05) is 20.9 Å². The van der Waals surface area contributed by atoms with Crippen LogP contribution in [0.1, 0.15) is 43.8 Å². The highest BCUT2D eigenvalue weighted by molar-refractivity contribution is 7.97. The molecule has 3 aromatic carbocycles. The van der Waals surface area contributed by atoms with Gasteiger partial charge in [-0.1, -0.05) is 69.1 Å². The summed E-state index contributed by atoms with van der Waals surface area (Å²) in [6.07, 6.45) is 0. The number of hydrogen-bond acceptors (Lipinski definition) is 5. The molecular formula is C25H26Cl2N2O2S. The van der Waals surface area contributed by atoms with Crippen LogP contribution in [0.5, 0.6) is 0 Å². The fourth-order valence-electron chi connectivity index (χ4n) is 3.01. The lowest BCUT2D eigenvalue weighted by Gasteiger charge is -2.03. The number of fused-ring (bicyclic) bond motifs is 1. The number of benzene rings is 3. The first-order valence-electron chi connectivity index (χ1n) is 10.3. The number of furan rings is 1. The van der Waals surface area contributed by atoms with Crippen LogP contribution in [0.3, 0.4) is 0 Å². The first-order chi connectivity index (χ1) is 15.5. The normalized spacial score (nSPS) is 10.1. The zero-order valence-electron chi connectivity index (χ0n) is 18.4. The van der Waals surface area contributed by atoms with Gasteiger partial charge in [-0.3, -0.25) is 9.93 Å². The molecule has 1 heterocycles. The predicted molar refractivity (Wildman–Crippen MR) is 139 cm³/mol. The molecule has 0 saturated heterocycles. The van der Waals surface area contributed by atoms with Gasteiger partial charge < -0.3 is 10.2 Å². The Morgan fingerprint density at radius 2 is 1.59 bits per heavy atom. The van der Waals surface area contributed by atoms with E-state index in [1.54, 1.807) is 12.1 Å². The van der Waals surface area contributed by atoms with Crippen LogP contribution in [-0.4, -0.2) is 5.78 Å². The smallest absolute Gasteiger partial charge is 0.231 e. The number of rotatable bonds is 4. The Kier molecular flexibility index (Phi) is 9.66. The molecule has 1 aromatic heterocycles. The van der Waals surface area contributed by atoms with E-state index in [0.29, 0.717) is 16.0 Å². The van der Waals surface area contributed by atoms with E-state index in [0.717, 1.165) is 16.0 Å². The van der Waals surface area contributed by atoms with Crippen molar-refractivity contribution in [3.63, 3.8) is 0 Å². The molecule has 4 rings (SSSR count). The van der Waals surface area contributed by atoms with E-state index >= 15 is 0 Å². The average Bonchev–Trinajstić information content (AvgIpc) is 3.17. The second-order valence-corrected chi connectivity index (χ2v) is 7.71. The summed E-state index contributed by atoms with van der Waals surface area (Å²) in [5.41, 5.74) is 9.19. The number of anilines is 1. The van der Waals surface area contributed by atoms with Crippen molar-refractivity contribution in [2.45, 2.75) is 32.6 Å². The molecule has 4 aromatic rings. The van der Waals surface area contributed by atoms with Gasteiger partial charge >= 0.3 is 0 Å². The number of nitrogen functional groups attached to an aromatic ring is 1. The van der Waals surface area contributed by atoms with Crippen LogP contribution in [-0.2, 0) is 0 Å². The Labute approximate surface area is 203 Å². The summed E-state index contributed by atoms with van der Waals surface area (Å²) in [4.78, 5) is 13.8. The lowest BCUT2D eigenvalue weighted by atomic mass is 10.0. The molecule has 0 aliphatic rings. The van der Waals surface area contributed by atoms with Crippen molar-refractivity contribution in [1.82, 2.24) is 0 Å². The fraction of sp³-hybridized carbons (Fsp3) is 0.160. The average molecular weight is 489 g/mol. The second-order valence-electron chi connectivity index (χ2n) is 6.15. The highest BCUT2D eigenvalue weighted by atomic mass is 35.5. The number of carbonyl (C=O) groups excluding carboxylic acids is 1. The zero-order valence-corrected chi connectivity index (χ0v) is 20.7. The SMILES string of the molecule is CC.CC.NSc1cccc(-c2ccc3c(N)c(C(=O)c4ccc(Cl)cc4Cl)oc3c2)c1. The van der Waals surface area contributed by atoms with E-state index in [2.05, 4.69) is 0 Å². The van der Waals surface area contributed by atoms with Crippen LogP contribution in [0.25, 0.3) is 22.1 Å². The van der Waals surface area contributed by atoms with Crippen molar-refractivity contribution in [3.8, 4) is 11.1 Å². The summed E-state index contributed by atoms with van der Waals surface area (Å²) < 4.78 is 5.82. The lowest BCUT2D eigenvalue weighted by molar-refractivity contribution is 0.101. The van der Waals surface area contributed by atoms with Crippen LogP contribution in [0.2, 0.25) is 10.0 Å². The number of carbonyl (C=O) groups is 1. The van der Waals surface area contributed by atoms with E-state index < -0.39 is 5.78 Å². The molecule has 0 amide bonds. The first-order valence-corrected chi connectivity index (χ1v) is 11.9. The van der Waals surface area contributed by atoms with E-state index in [9.17, 15) is 4.79 Å². The summed E-state index contributed by atoms with van der Waals surface area (Å²) in [5.74, 6) is -0.332. The molecule has 0 aliphatic heterocycles. The minimum atomic E-state index is -0.390. The van der Waals surface area contributed by atoms with Gasteiger partial charge in [0.2, 0.25) is 5.78 Å². The Morgan fingerprint density at radius 1 is 0.906 bits per heavy atom. The van der Waals surface area contributed by atoms with Crippen molar-refractivity contribution >= 4 is 57.6 Å². The third-order valence-corrected chi connectivity index (χ3v) is 5.49. The molecule has 0 spiro atoms. The summed E-state index contributed by atoms with van der Waals surface area (Å²) in [6, 6.07) is 18.1. The molecule has 0 aliphatic carbocycles. The van der Waals surface area contributed by atoms with Crippen molar-refractivity contribution in [1.29, 1.82) is 0 Å². The number of hydrogen-bond donors (Lipinski definition) is 2. The van der Waals surface area contributed by atoms with Crippen LogP contribution < -0.4 is 10.9 Å². The summed E-state index contributed by atoms with van der Waals surface area (Å²) in [5, 5.41) is 7.00. The first kappa shape index (κ1) is 25.8. The van der Waals surface area contributed by atoms with Crippen molar-refractivity contribution < 1.29 is 9.21 Å². The van der Waals surface area contributed by atoms with Gasteiger partial charge in [0.15, 0.2) is 5.76 Å². The van der Waals surface area contributed by atoms with Gasteiger partial charge in [-0.2, -0.15) is 0 Å². The quantitative estimate of drug-likeness (QED) is 0.223. The maximum absolute atomic E-state index is 12.9. The van der Waals surface area contributed by atoms with Crippen LogP contribution in [0.4, 0.5) is 5.69 Å². The molecular weight excluding hydrogens is 463 g/mol. The summed E-state index contributed by atoms with van der Waals surface area (Å²) in [6.45, 7) is 8.00. The van der Waals surface area contributed by atoms with Crippen molar-refractivity contribution in [2.24, 2.45) is 5.14 Å². The molecule has 0 saturated carbocycles. The van der Waals surface area contributed by atoms with Crippen molar-refractivity contribution in [2.75, 3.05) is 5.73 Å². The number of ketones is 1. The summed E-state index contributed by atoms with van der Waals surface area (Å²) >= 11 is 13.2. The second kappa shape index (κ2) is 12.0. The third kappa shape index (κ3) is 5.48. The molecule has 0 atom stereocenters. The molecule has 0 unspecified atom stereocenters. The Balaban J connectivity index is 0.000000860. The molecule has 7 heteroatoms. The maximum atomic E-state index is 12.9. The molecule has 0 fully saturated rings. The monoisotopic (exact) mass is 488 g/mol. The molecule has 168 valence electrons. The molecule has 4 nitrogen and oxygen atoms in total. The minimum Gasteiger partial charge on any atom is -0.450 e. The third-order valence-electron chi connectivity index (χ3n) is 4.41. The van der Waals surface area contributed by atoms with Crippen LogP contribution in [0, 0.1) is 0 Å². The Morgan fingerprint density at radius 3 is 2.25 bits per heavy atom. The van der Waals surface area contributed by atoms with Gasteiger partial charge in [0.05, 0.1) is 10.7 Å². The molecule has 0 radical (unpaired) electrons. The lowest BCUT2D eigenvalue weighted by Crippen LogP contribution is -2.03.